The molecule has 0 aliphatic heterocycles. The van der Waals surface area contributed by atoms with Crippen molar-refractivity contribution in [1.82, 2.24) is 0 Å². The summed E-state index contributed by atoms with van der Waals surface area (Å²) in [6, 6.07) is 2.87. The summed E-state index contributed by atoms with van der Waals surface area (Å²) < 4.78 is 10.6. The summed E-state index contributed by atoms with van der Waals surface area (Å²) in [4.78, 5) is 23.8. The lowest BCUT2D eigenvalue weighted by atomic mass is 9.96. The minimum Gasteiger partial charge on any atom is -0.462 e. The van der Waals surface area contributed by atoms with E-state index < -0.39 is 5.97 Å². The first-order chi connectivity index (χ1) is 11.6. The topological polar surface area (TPSA) is 52.6 Å². The molecule has 0 fully saturated rings. The number of hydrogen-bond acceptors (Lipinski definition) is 4. The number of carbonyl (C=O) groups is 2. The zero-order valence-corrected chi connectivity index (χ0v) is 17.0. The molecule has 0 spiro atoms. The van der Waals surface area contributed by atoms with Crippen LogP contribution >= 0.6 is 34.8 Å². The van der Waals surface area contributed by atoms with E-state index in [-0.39, 0.29) is 52.5 Å². The van der Waals surface area contributed by atoms with Crippen LogP contribution in [0.4, 0.5) is 0 Å². The summed E-state index contributed by atoms with van der Waals surface area (Å²) in [5.41, 5.74) is 0. The van der Waals surface area contributed by atoms with Gasteiger partial charge in [0.2, 0.25) is 0 Å². The number of esters is 2. The molecule has 140 valence electrons. The minimum absolute atomic E-state index is 0.0540. The lowest BCUT2D eigenvalue weighted by Gasteiger charge is -2.24. The van der Waals surface area contributed by atoms with Crippen molar-refractivity contribution in [2.24, 2.45) is 11.8 Å². The number of benzene rings is 1. The number of halogens is 3. The SMILES string of the molecule is CC(C)C(OC(=O)CCCC(=O)Oc1c(Cl)cc(Cl)cc1Cl)C(C)C. The Labute approximate surface area is 163 Å². The van der Waals surface area contributed by atoms with E-state index in [0.29, 0.717) is 11.4 Å². The zero-order chi connectivity index (χ0) is 19.1. The van der Waals surface area contributed by atoms with Crippen LogP contribution in [0, 0.1) is 11.8 Å². The van der Waals surface area contributed by atoms with E-state index in [9.17, 15) is 9.59 Å². The van der Waals surface area contributed by atoms with Crippen molar-refractivity contribution in [2.45, 2.75) is 53.1 Å². The maximum Gasteiger partial charge on any atom is 0.311 e. The molecular weight excluding hydrogens is 387 g/mol. The highest BCUT2D eigenvalue weighted by Gasteiger charge is 2.22. The third kappa shape index (κ3) is 7.43. The average molecular weight is 410 g/mol. The van der Waals surface area contributed by atoms with Crippen LogP contribution in [0.25, 0.3) is 0 Å². The highest BCUT2D eigenvalue weighted by molar-refractivity contribution is 6.40. The summed E-state index contributed by atoms with van der Waals surface area (Å²) in [6.45, 7) is 8.04. The van der Waals surface area contributed by atoms with Gasteiger partial charge in [0, 0.05) is 17.9 Å². The molecule has 1 rings (SSSR count). The summed E-state index contributed by atoms with van der Waals surface area (Å²) in [5, 5.41) is 0.659. The van der Waals surface area contributed by atoms with Crippen molar-refractivity contribution in [3.05, 3.63) is 27.2 Å². The molecule has 0 aromatic heterocycles. The Hall–Kier alpha value is -0.970. The Morgan fingerprint density at radius 2 is 1.40 bits per heavy atom. The van der Waals surface area contributed by atoms with Crippen molar-refractivity contribution in [3.8, 4) is 5.75 Å². The maximum absolute atomic E-state index is 11.9. The quantitative estimate of drug-likeness (QED) is 0.393. The summed E-state index contributed by atoms with van der Waals surface area (Å²) >= 11 is 17.7. The standard InChI is InChI=1S/C18H23Cl3O4/c1-10(2)17(11(3)4)24-15(22)6-5-7-16(23)25-18-13(20)8-12(19)9-14(18)21/h8-11,17H,5-7H2,1-4H3. The molecule has 1 aromatic rings. The summed E-state index contributed by atoms with van der Waals surface area (Å²) in [7, 11) is 0. The smallest absolute Gasteiger partial charge is 0.311 e. The van der Waals surface area contributed by atoms with Crippen LogP contribution < -0.4 is 4.74 Å². The van der Waals surface area contributed by atoms with Crippen LogP contribution in [0.3, 0.4) is 0 Å². The van der Waals surface area contributed by atoms with E-state index in [2.05, 4.69) is 0 Å². The van der Waals surface area contributed by atoms with E-state index in [1.54, 1.807) is 0 Å². The van der Waals surface area contributed by atoms with Gasteiger partial charge in [-0.25, -0.2) is 0 Å². The van der Waals surface area contributed by atoms with Crippen molar-refractivity contribution < 1.29 is 19.1 Å². The van der Waals surface area contributed by atoms with Gasteiger partial charge in [0.1, 0.15) is 6.10 Å². The predicted molar refractivity (Wildman–Crippen MR) is 101 cm³/mol. The van der Waals surface area contributed by atoms with Gasteiger partial charge in [-0.05, 0) is 30.4 Å². The van der Waals surface area contributed by atoms with E-state index in [1.165, 1.54) is 12.1 Å². The lowest BCUT2D eigenvalue weighted by Crippen LogP contribution is -2.28. The second kappa shape index (κ2) is 10.2. The largest absolute Gasteiger partial charge is 0.462 e. The Bertz CT molecular complexity index is 583. The van der Waals surface area contributed by atoms with Gasteiger partial charge in [-0.2, -0.15) is 0 Å². The molecule has 25 heavy (non-hydrogen) atoms. The van der Waals surface area contributed by atoms with Gasteiger partial charge < -0.3 is 9.47 Å². The first-order valence-corrected chi connectivity index (χ1v) is 9.30. The zero-order valence-electron chi connectivity index (χ0n) is 14.8. The molecule has 0 saturated heterocycles. The van der Waals surface area contributed by atoms with Crippen LogP contribution in [-0.2, 0) is 14.3 Å². The fourth-order valence-corrected chi connectivity index (χ4v) is 3.32. The lowest BCUT2D eigenvalue weighted by molar-refractivity contribution is -0.154. The first-order valence-electron chi connectivity index (χ1n) is 8.16. The number of carbonyl (C=O) groups excluding carboxylic acids is 2. The molecule has 0 N–H and O–H groups in total. The monoisotopic (exact) mass is 408 g/mol. The molecule has 0 amide bonds. The third-order valence-corrected chi connectivity index (χ3v) is 4.30. The molecule has 1 aromatic carbocycles. The van der Waals surface area contributed by atoms with Crippen LogP contribution in [0.5, 0.6) is 5.75 Å². The first kappa shape index (κ1) is 22.1. The predicted octanol–water partition coefficient (Wildman–Crippen LogP) is 5.95. The molecule has 4 nitrogen and oxygen atoms in total. The van der Waals surface area contributed by atoms with Gasteiger partial charge in [-0.1, -0.05) is 62.5 Å². The van der Waals surface area contributed by atoms with Crippen LogP contribution in [0.2, 0.25) is 15.1 Å². The number of rotatable bonds is 8. The highest BCUT2D eigenvalue weighted by atomic mass is 35.5. The van der Waals surface area contributed by atoms with Crippen LogP contribution in [0.15, 0.2) is 12.1 Å². The van der Waals surface area contributed by atoms with Crippen molar-refractivity contribution >= 4 is 46.7 Å². The van der Waals surface area contributed by atoms with Gasteiger partial charge in [0.25, 0.3) is 0 Å². The summed E-state index contributed by atoms with van der Waals surface area (Å²) in [5.74, 6) is -0.294. The van der Waals surface area contributed by atoms with Gasteiger partial charge in [0.15, 0.2) is 5.75 Å². The molecule has 0 aliphatic rings. The second-order valence-electron chi connectivity index (χ2n) is 6.47. The Kier molecular flexibility index (Phi) is 9.04. The molecule has 0 unspecified atom stereocenters. The molecule has 0 bridgehead atoms. The Morgan fingerprint density at radius 1 is 0.920 bits per heavy atom. The Balaban J connectivity index is 2.46. The highest BCUT2D eigenvalue weighted by Crippen LogP contribution is 2.36. The van der Waals surface area contributed by atoms with Crippen molar-refractivity contribution in [1.29, 1.82) is 0 Å². The van der Waals surface area contributed by atoms with E-state index in [4.69, 9.17) is 44.3 Å². The molecule has 0 saturated carbocycles. The van der Waals surface area contributed by atoms with E-state index in [0.717, 1.165) is 0 Å². The maximum atomic E-state index is 11.9. The minimum atomic E-state index is -0.525. The fourth-order valence-electron chi connectivity index (χ4n) is 2.42. The molecule has 0 aliphatic carbocycles. The van der Waals surface area contributed by atoms with E-state index in [1.807, 2.05) is 27.7 Å². The van der Waals surface area contributed by atoms with Crippen LogP contribution in [0.1, 0.15) is 47.0 Å². The van der Waals surface area contributed by atoms with Crippen molar-refractivity contribution in [2.75, 3.05) is 0 Å². The number of hydrogen-bond donors (Lipinski definition) is 0. The third-order valence-electron chi connectivity index (χ3n) is 3.52. The molecule has 0 atom stereocenters. The van der Waals surface area contributed by atoms with Gasteiger partial charge in [-0.15, -0.1) is 0 Å². The normalized spacial score (nSPS) is 11.3. The molecule has 0 radical (unpaired) electrons. The van der Waals surface area contributed by atoms with Crippen molar-refractivity contribution in [3.63, 3.8) is 0 Å². The fraction of sp³-hybridized carbons (Fsp3) is 0.556. The molecular formula is C18H23Cl3O4. The van der Waals surface area contributed by atoms with Gasteiger partial charge in [0.05, 0.1) is 10.0 Å². The van der Waals surface area contributed by atoms with Gasteiger partial charge in [-0.3, -0.25) is 9.59 Å². The van der Waals surface area contributed by atoms with Gasteiger partial charge >= 0.3 is 11.9 Å². The Morgan fingerprint density at radius 3 is 1.88 bits per heavy atom. The van der Waals surface area contributed by atoms with E-state index >= 15 is 0 Å². The molecule has 7 heteroatoms. The second-order valence-corrected chi connectivity index (χ2v) is 7.72. The summed E-state index contributed by atoms with van der Waals surface area (Å²) in [6.07, 6.45) is 0.390. The average Bonchev–Trinajstić information content (AvgIpc) is 2.47. The molecule has 0 heterocycles. The van der Waals surface area contributed by atoms with Crippen LogP contribution in [-0.4, -0.2) is 18.0 Å². The number of ether oxygens (including phenoxy) is 2.